The largest absolute Gasteiger partial charge is 0.502 e. The Hall–Kier alpha value is -3.59. The lowest BCUT2D eigenvalue weighted by molar-refractivity contribution is -0.385. The van der Waals surface area contributed by atoms with Crippen LogP contribution in [0.5, 0.6) is 5.75 Å². The Labute approximate surface area is 170 Å². The van der Waals surface area contributed by atoms with Gasteiger partial charge in [-0.25, -0.2) is 0 Å². The van der Waals surface area contributed by atoms with Crippen molar-refractivity contribution < 1.29 is 15.0 Å². The molecule has 3 aromatic rings. The summed E-state index contributed by atoms with van der Waals surface area (Å²) in [6.07, 6.45) is 0. The Kier molecular flexibility index (Phi) is 5.99. The minimum Gasteiger partial charge on any atom is -0.502 e. The first-order valence-electron chi connectivity index (χ1n) is 8.57. The van der Waals surface area contributed by atoms with Gasteiger partial charge in [0, 0.05) is 23.1 Å². The van der Waals surface area contributed by atoms with Crippen molar-refractivity contribution in [1.82, 2.24) is 0 Å². The van der Waals surface area contributed by atoms with Gasteiger partial charge >= 0.3 is 5.69 Å². The van der Waals surface area contributed by atoms with Crippen LogP contribution in [0.2, 0.25) is 0 Å². The number of hydrogen-bond acceptors (Lipinski definition) is 7. The summed E-state index contributed by atoms with van der Waals surface area (Å²) in [6, 6.07) is 18.2. The Morgan fingerprint density at radius 2 is 1.69 bits per heavy atom. The average molecular weight is 411 g/mol. The normalized spacial score (nSPS) is 10.5. The fourth-order valence-electron chi connectivity index (χ4n) is 2.66. The van der Waals surface area contributed by atoms with E-state index in [0.29, 0.717) is 17.1 Å². The zero-order valence-electron chi connectivity index (χ0n) is 15.4. The number of hydrogen-bond donors (Lipinski definition) is 1. The quantitative estimate of drug-likeness (QED) is 0.322. The van der Waals surface area contributed by atoms with E-state index in [1.54, 1.807) is 16.4 Å². The van der Waals surface area contributed by atoms with Gasteiger partial charge in [-0.15, -0.1) is 0 Å². The van der Waals surface area contributed by atoms with Crippen molar-refractivity contribution in [2.45, 2.75) is 18.4 Å². The van der Waals surface area contributed by atoms with Gasteiger partial charge in [-0.2, -0.15) is 0 Å². The molecule has 29 heavy (non-hydrogen) atoms. The summed E-state index contributed by atoms with van der Waals surface area (Å²) in [6.45, 7) is 2.24. The maximum Gasteiger partial charge on any atom is 0.312 e. The van der Waals surface area contributed by atoms with E-state index in [4.69, 9.17) is 0 Å². The molecule has 0 unspecified atom stereocenters. The standard InChI is InChI=1S/C20H17N3O5S/c1-14-7-8-17(22(25)26)12-20(14)29-21(13-15-5-3-2-4-6-15)16-9-10-19(24)18(11-16)23(27)28/h2-12,24H,13H2,1H3. The molecule has 0 radical (unpaired) electrons. The van der Waals surface area contributed by atoms with Gasteiger partial charge in [-0.05, 0) is 42.1 Å². The molecule has 0 fully saturated rings. The van der Waals surface area contributed by atoms with Crippen LogP contribution in [0, 0.1) is 27.2 Å². The van der Waals surface area contributed by atoms with Gasteiger partial charge in [0.2, 0.25) is 0 Å². The lowest BCUT2D eigenvalue weighted by Gasteiger charge is -2.24. The summed E-state index contributed by atoms with van der Waals surface area (Å²) in [5.41, 5.74) is 1.85. The molecular weight excluding hydrogens is 394 g/mol. The highest BCUT2D eigenvalue weighted by atomic mass is 32.2. The third-order valence-corrected chi connectivity index (χ3v) is 5.40. The second-order valence-corrected chi connectivity index (χ2v) is 7.31. The average Bonchev–Trinajstić information content (AvgIpc) is 2.70. The maximum atomic E-state index is 11.2. The molecule has 0 aromatic heterocycles. The van der Waals surface area contributed by atoms with Gasteiger partial charge in [-0.3, -0.25) is 20.2 Å². The van der Waals surface area contributed by atoms with E-state index in [9.17, 15) is 25.3 Å². The first kappa shape index (κ1) is 20.2. The van der Waals surface area contributed by atoms with E-state index < -0.39 is 21.3 Å². The number of phenolic OH excluding ortho intramolecular Hbond substituents is 1. The van der Waals surface area contributed by atoms with Crippen molar-refractivity contribution in [1.29, 1.82) is 0 Å². The fourth-order valence-corrected chi connectivity index (χ4v) is 3.71. The lowest BCUT2D eigenvalue weighted by atomic mass is 10.2. The molecule has 0 aliphatic rings. The Morgan fingerprint density at radius 3 is 2.34 bits per heavy atom. The third kappa shape index (κ3) is 4.82. The predicted octanol–water partition coefficient (Wildman–Crippen LogP) is 5.23. The van der Waals surface area contributed by atoms with Crippen LogP contribution in [-0.4, -0.2) is 15.0 Å². The van der Waals surface area contributed by atoms with Crippen molar-refractivity contribution in [3.8, 4) is 5.75 Å². The van der Waals surface area contributed by atoms with Crippen molar-refractivity contribution in [3.63, 3.8) is 0 Å². The van der Waals surface area contributed by atoms with Crippen LogP contribution in [0.4, 0.5) is 17.1 Å². The van der Waals surface area contributed by atoms with Crippen LogP contribution in [0.3, 0.4) is 0 Å². The van der Waals surface area contributed by atoms with Crippen molar-refractivity contribution in [2.75, 3.05) is 4.31 Å². The second kappa shape index (κ2) is 8.61. The monoisotopic (exact) mass is 411 g/mol. The number of non-ortho nitro benzene ring substituents is 1. The maximum absolute atomic E-state index is 11.2. The number of nitro benzene ring substituents is 2. The molecule has 0 spiro atoms. The third-order valence-electron chi connectivity index (χ3n) is 4.20. The van der Waals surface area contributed by atoms with Gasteiger partial charge in [-0.1, -0.05) is 36.4 Å². The van der Waals surface area contributed by atoms with E-state index in [1.807, 2.05) is 37.3 Å². The predicted molar refractivity (Wildman–Crippen MR) is 111 cm³/mol. The van der Waals surface area contributed by atoms with Gasteiger partial charge in [0.25, 0.3) is 5.69 Å². The summed E-state index contributed by atoms with van der Waals surface area (Å²) in [4.78, 5) is 21.9. The Balaban J connectivity index is 2.02. The number of phenols is 1. The van der Waals surface area contributed by atoms with E-state index in [2.05, 4.69) is 0 Å². The smallest absolute Gasteiger partial charge is 0.312 e. The number of aromatic hydroxyl groups is 1. The molecule has 148 valence electrons. The number of nitro groups is 2. The number of aryl methyl sites for hydroxylation is 1. The molecule has 8 nitrogen and oxygen atoms in total. The van der Waals surface area contributed by atoms with Crippen LogP contribution in [0.1, 0.15) is 11.1 Å². The lowest BCUT2D eigenvalue weighted by Crippen LogP contribution is -2.14. The van der Waals surface area contributed by atoms with Crippen molar-refractivity contribution in [2.24, 2.45) is 0 Å². The first-order chi connectivity index (χ1) is 13.8. The van der Waals surface area contributed by atoms with Crippen molar-refractivity contribution >= 4 is 29.0 Å². The summed E-state index contributed by atoms with van der Waals surface area (Å²) in [7, 11) is 0. The van der Waals surface area contributed by atoms with E-state index in [0.717, 1.165) is 11.1 Å². The van der Waals surface area contributed by atoms with Crippen molar-refractivity contribution in [3.05, 3.63) is 98.1 Å². The second-order valence-electron chi connectivity index (χ2n) is 6.25. The van der Waals surface area contributed by atoms with E-state index >= 15 is 0 Å². The Bertz CT molecular complexity index is 1060. The molecule has 1 N–H and O–H groups in total. The van der Waals surface area contributed by atoms with Crippen LogP contribution < -0.4 is 4.31 Å². The highest BCUT2D eigenvalue weighted by molar-refractivity contribution is 8.00. The number of rotatable bonds is 7. The fraction of sp³-hybridized carbons (Fsp3) is 0.100. The topological polar surface area (TPSA) is 110 Å². The summed E-state index contributed by atoms with van der Waals surface area (Å²) >= 11 is 1.25. The summed E-state index contributed by atoms with van der Waals surface area (Å²) in [5, 5.41) is 32.1. The minimum absolute atomic E-state index is 0.0329. The van der Waals surface area contributed by atoms with Crippen LogP contribution in [0.25, 0.3) is 0 Å². The van der Waals surface area contributed by atoms with Gasteiger partial charge in [0.1, 0.15) is 0 Å². The molecular formula is C20H17N3O5S. The zero-order valence-corrected chi connectivity index (χ0v) is 16.2. The molecule has 0 saturated carbocycles. The molecule has 0 heterocycles. The molecule has 0 aliphatic carbocycles. The molecule has 0 atom stereocenters. The van der Waals surface area contributed by atoms with E-state index in [1.165, 1.54) is 36.2 Å². The molecule has 3 rings (SSSR count). The Morgan fingerprint density at radius 1 is 0.966 bits per heavy atom. The molecule has 0 bridgehead atoms. The molecule has 0 saturated heterocycles. The summed E-state index contributed by atoms with van der Waals surface area (Å²) in [5.74, 6) is -0.421. The van der Waals surface area contributed by atoms with E-state index in [-0.39, 0.29) is 5.69 Å². The van der Waals surface area contributed by atoms with Gasteiger partial charge in [0.05, 0.1) is 22.1 Å². The number of anilines is 1. The highest BCUT2D eigenvalue weighted by Gasteiger charge is 2.19. The van der Waals surface area contributed by atoms with Crippen LogP contribution >= 0.6 is 11.9 Å². The first-order valence-corrected chi connectivity index (χ1v) is 9.34. The molecule has 0 amide bonds. The molecule has 3 aromatic carbocycles. The van der Waals surface area contributed by atoms with Gasteiger partial charge in [0.15, 0.2) is 5.75 Å². The SMILES string of the molecule is Cc1ccc([N+](=O)[O-])cc1SN(Cc1ccccc1)c1ccc(O)c([N+](=O)[O-])c1. The number of benzene rings is 3. The minimum atomic E-state index is -0.650. The van der Waals surface area contributed by atoms with Crippen LogP contribution in [0.15, 0.2) is 71.6 Å². The van der Waals surface area contributed by atoms with Crippen LogP contribution in [-0.2, 0) is 6.54 Å². The van der Waals surface area contributed by atoms with Gasteiger partial charge < -0.3 is 9.41 Å². The zero-order chi connectivity index (χ0) is 21.0. The highest BCUT2D eigenvalue weighted by Crippen LogP contribution is 2.38. The molecule has 9 heteroatoms. The molecule has 0 aliphatic heterocycles. The summed E-state index contributed by atoms with van der Waals surface area (Å²) < 4.78 is 1.80. The number of nitrogens with zero attached hydrogens (tertiary/aromatic N) is 3.